The van der Waals surface area contributed by atoms with Crippen molar-refractivity contribution >= 4 is 42.1 Å². The van der Waals surface area contributed by atoms with Gasteiger partial charge in [0.25, 0.3) is 0 Å². The number of aromatic nitrogens is 1. The molecule has 0 aliphatic carbocycles. The largest absolute Gasteiger partial charge is 0.493 e. The van der Waals surface area contributed by atoms with Gasteiger partial charge < -0.3 is 20.1 Å². The molecule has 1 amide bonds. The second kappa shape index (κ2) is 10.7. The van der Waals surface area contributed by atoms with E-state index in [0.29, 0.717) is 24.5 Å². The number of amides is 1. The maximum Gasteiger partial charge on any atom is 0.228 e. The van der Waals surface area contributed by atoms with Crippen LogP contribution in [0, 0.1) is 0 Å². The molecule has 1 atom stereocenters. The lowest BCUT2D eigenvalue weighted by Gasteiger charge is -2.30. The molecule has 2 heterocycles. The van der Waals surface area contributed by atoms with Crippen LogP contribution in [0.25, 0.3) is 10.6 Å². The lowest BCUT2D eigenvalue weighted by atomic mass is 10.1. The summed E-state index contributed by atoms with van der Waals surface area (Å²) in [6.45, 7) is 1.44. The number of benzene rings is 1. The maximum atomic E-state index is 12.4. The SMILES string of the molecule is COc1ccc(-c2nc(CC(=O)N3CCCC(N)C3)cs2)cc1OC.Cl.Cl. The number of nitrogens with two attached hydrogens (primary N) is 1. The Labute approximate surface area is 175 Å². The number of hydrogen-bond acceptors (Lipinski definition) is 6. The van der Waals surface area contributed by atoms with Crippen LogP contribution in [0.2, 0.25) is 0 Å². The molecule has 1 aromatic carbocycles. The van der Waals surface area contributed by atoms with Gasteiger partial charge in [-0.1, -0.05) is 0 Å². The summed E-state index contributed by atoms with van der Waals surface area (Å²) in [4.78, 5) is 18.9. The molecule has 1 fully saturated rings. The fourth-order valence-electron chi connectivity index (χ4n) is 2.99. The number of rotatable bonds is 5. The van der Waals surface area contributed by atoms with Crippen LogP contribution in [0.1, 0.15) is 18.5 Å². The highest BCUT2D eigenvalue weighted by atomic mass is 35.5. The zero-order valence-electron chi connectivity index (χ0n) is 15.3. The van der Waals surface area contributed by atoms with Crippen molar-refractivity contribution in [2.45, 2.75) is 25.3 Å². The van der Waals surface area contributed by atoms with Gasteiger partial charge >= 0.3 is 0 Å². The molecule has 1 aromatic heterocycles. The van der Waals surface area contributed by atoms with E-state index in [9.17, 15) is 4.79 Å². The fourth-order valence-corrected chi connectivity index (χ4v) is 3.81. The number of piperidine rings is 1. The van der Waals surface area contributed by atoms with Gasteiger partial charge in [0, 0.05) is 30.1 Å². The lowest BCUT2D eigenvalue weighted by Crippen LogP contribution is -2.46. The van der Waals surface area contributed by atoms with E-state index in [-0.39, 0.29) is 36.8 Å². The van der Waals surface area contributed by atoms with Gasteiger partial charge in [-0.25, -0.2) is 4.98 Å². The summed E-state index contributed by atoms with van der Waals surface area (Å²) < 4.78 is 10.6. The van der Waals surface area contributed by atoms with Gasteiger partial charge in [-0.05, 0) is 31.0 Å². The molecule has 0 radical (unpaired) electrons. The number of ether oxygens (including phenoxy) is 2. The molecule has 3 rings (SSSR count). The monoisotopic (exact) mass is 433 g/mol. The van der Waals surface area contributed by atoms with E-state index < -0.39 is 0 Å². The summed E-state index contributed by atoms with van der Waals surface area (Å²) in [7, 11) is 3.22. The molecule has 6 nitrogen and oxygen atoms in total. The smallest absolute Gasteiger partial charge is 0.228 e. The third kappa shape index (κ3) is 5.72. The van der Waals surface area contributed by atoms with Gasteiger partial charge in [0.1, 0.15) is 5.01 Å². The van der Waals surface area contributed by atoms with Crippen molar-refractivity contribution in [2.75, 3.05) is 27.3 Å². The fraction of sp³-hybridized carbons (Fsp3) is 0.444. The van der Waals surface area contributed by atoms with Gasteiger partial charge in [-0.2, -0.15) is 0 Å². The maximum absolute atomic E-state index is 12.4. The lowest BCUT2D eigenvalue weighted by molar-refractivity contribution is -0.131. The Morgan fingerprint density at radius 3 is 2.70 bits per heavy atom. The number of carbonyl (C=O) groups is 1. The molecule has 0 saturated carbocycles. The minimum Gasteiger partial charge on any atom is -0.493 e. The number of carbonyl (C=O) groups excluding carboxylic acids is 1. The number of likely N-dealkylation sites (tertiary alicyclic amines) is 1. The van der Waals surface area contributed by atoms with E-state index in [0.717, 1.165) is 35.7 Å². The third-order valence-corrected chi connectivity index (χ3v) is 5.27. The van der Waals surface area contributed by atoms with Crippen LogP contribution < -0.4 is 15.2 Å². The molecule has 27 heavy (non-hydrogen) atoms. The molecule has 150 valence electrons. The highest BCUT2D eigenvalue weighted by Gasteiger charge is 2.22. The zero-order valence-corrected chi connectivity index (χ0v) is 17.8. The highest BCUT2D eigenvalue weighted by Crippen LogP contribution is 2.33. The molecule has 1 unspecified atom stereocenters. The minimum absolute atomic E-state index is 0. The van der Waals surface area contributed by atoms with Crippen LogP contribution in [0.5, 0.6) is 11.5 Å². The second-order valence-corrected chi connectivity index (χ2v) is 6.99. The Kier molecular flexibility index (Phi) is 9.32. The van der Waals surface area contributed by atoms with Crippen molar-refractivity contribution in [3.05, 3.63) is 29.3 Å². The summed E-state index contributed by atoms with van der Waals surface area (Å²) in [5, 5.41) is 2.80. The van der Waals surface area contributed by atoms with Crippen molar-refractivity contribution in [1.29, 1.82) is 0 Å². The number of halogens is 2. The van der Waals surface area contributed by atoms with Gasteiger partial charge in [0.15, 0.2) is 11.5 Å². The summed E-state index contributed by atoms with van der Waals surface area (Å²) in [6, 6.07) is 5.79. The Balaban J connectivity index is 0.00000182. The topological polar surface area (TPSA) is 77.7 Å². The van der Waals surface area contributed by atoms with Crippen molar-refractivity contribution in [1.82, 2.24) is 9.88 Å². The van der Waals surface area contributed by atoms with Crippen LogP contribution in [0.15, 0.2) is 23.6 Å². The second-order valence-electron chi connectivity index (χ2n) is 6.13. The van der Waals surface area contributed by atoms with Crippen LogP contribution in [-0.2, 0) is 11.2 Å². The van der Waals surface area contributed by atoms with E-state index in [1.165, 1.54) is 11.3 Å². The number of methoxy groups -OCH3 is 2. The Morgan fingerprint density at radius 1 is 1.30 bits per heavy atom. The number of hydrogen-bond donors (Lipinski definition) is 1. The highest BCUT2D eigenvalue weighted by molar-refractivity contribution is 7.13. The summed E-state index contributed by atoms with van der Waals surface area (Å²) >= 11 is 1.52. The third-order valence-electron chi connectivity index (χ3n) is 4.33. The van der Waals surface area contributed by atoms with Crippen molar-refractivity contribution < 1.29 is 14.3 Å². The van der Waals surface area contributed by atoms with Gasteiger partial charge in [0.2, 0.25) is 5.91 Å². The summed E-state index contributed by atoms with van der Waals surface area (Å²) in [5.41, 5.74) is 7.69. The molecule has 1 aliphatic rings. The van der Waals surface area contributed by atoms with Crippen molar-refractivity contribution in [3.8, 4) is 22.1 Å². The normalized spacial score (nSPS) is 16.1. The Morgan fingerprint density at radius 2 is 2.04 bits per heavy atom. The quantitative estimate of drug-likeness (QED) is 0.782. The van der Waals surface area contributed by atoms with Crippen LogP contribution in [-0.4, -0.2) is 49.1 Å². The summed E-state index contributed by atoms with van der Waals surface area (Å²) in [5.74, 6) is 1.44. The average molecular weight is 434 g/mol. The van der Waals surface area contributed by atoms with Gasteiger partial charge in [-0.15, -0.1) is 36.2 Å². The van der Waals surface area contributed by atoms with Gasteiger partial charge in [-0.3, -0.25) is 4.79 Å². The van der Waals surface area contributed by atoms with Crippen molar-refractivity contribution in [2.24, 2.45) is 5.73 Å². The molecule has 9 heteroatoms. The molecular weight excluding hydrogens is 409 g/mol. The molecule has 1 aliphatic heterocycles. The first-order valence-corrected chi connectivity index (χ1v) is 9.19. The predicted molar refractivity (Wildman–Crippen MR) is 113 cm³/mol. The molecule has 0 bridgehead atoms. The predicted octanol–water partition coefficient (Wildman–Crippen LogP) is 3.16. The first-order chi connectivity index (χ1) is 12.1. The number of nitrogens with zero attached hydrogens (tertiary/aromatic N) is 2. The van der Waals surface area contributed by atoms with E-state index in [2.05, 4.69) is 4.98 Å². The molecule has 0 spiro atoms. The van der Waals surface area contributed by atoms with Crippen LogP contribution in [0.3, 0.4) is 0 Å². The first kappa shape index (κ1) is 23.5. The first-order valence-electron chi connectivity index (χ1n) is 8.31. The van der Waals surface area contributed by atoms with Crippen molar-refractivity contribution in [3.63, 3.8) is 0 Å². The van der Waals surface area contributed by atoms with E-state index in [1.54, 1.807) is 14.2 Å². The van der Waals surface area contributed by atoms with Crippen LogP contribution >= 0.6 is 36.2 Å². The molecule has 2 N–H and O–H groups in total. The molecule has 2 aromatic rings. The number of thiazole rings is 1. The molecular formula is C18H25Cl2N3O3S. The zero-order chi connectivity index (χ0) is 17.8. The Hall–Kier alpha value is -1.54. The molecule has 1 saturated heterocycles. The summed E-state index contributed by atoms with van der Waals surface area (Å²) in [6.07, 6.45) is 2.28. The van der Waals surface area contributed by atoms with E-state index >= 15 is 0 Å². The standard InChI is InChI=1S/C18H23N3O3S.2ClH/c1-23-15-6-5-12(8-16(15)24-2)18-20-14(11-25-18)9-17(22)21-7-3-4-13(19)10-21;;/h5-6,8,11,13H,3-4,7,9-10,19H2,1-2H3;2*1H. The van der Waals surface area contributed by atoms with E-state index in [1.807, 2.05) is 28.5 Å². The minimum atomic E-state index is 0. The van der Waals surface area contributed by atoms with Crippen LogP contribution in [0.4, 0.5) is 0 Å². The van der Waals surface area contributed by atoms with Gasteiger partial charge in [0.05, 0.1) is 26.3 Å². The Bertz CT molecular complexity index is 757. The van der Waals surface area contributed by atoms with E-state index in [4.69, 9.17) is 15.2 Å². The average Bonchev–Trinajstić information content (AvgIpc) is 3.09.